The lowest BCUT2D eigenvalue weighted by molar-refractivity contribution is -0.384. The number of nitrogens with one attached hydrogen (secondary N) is 1. The van der Waals surface area contributed by atoms with Gasteiger partial charge < -0.3 is 15.2 Å². The summed E-state index contributed by atoms with van der Waals surface area (Å²) in [5.74, 6) is -0.795. The van der Waals surface area contributed by atoms with Crippen LogP contribution in [0.25, 0.3) is 0 Å². The van der Waals surface area contributed by atoms with Crippen molar-refractivity contribution in [3.63, 3.8) is 0 Å². The van der Waals surface area contributed by atoms with Crippen molar-refractivity contribution in [3.05, 3.63) is 28.1 Å². The van der Waals surface area contributed by atoms with Gasteiger partial charge in [-0.2, -0.15) is 0 Å². The lowest BCUT2D eigenvalue weighted by Gasteiger charge is -2.42. The van der Waals surface area contributed by atoms with Crippen molar-refractivity contribution in [3.8, 4) is 5.75 Å². The Labute approximate surface area is 122 Å². The first-order valence-electron chi connectivity index (χ1n) is 6.88. The molecule has 0 radical (unpaired) electrons. The number of aliphatic hydroxyl groups excluding tert-OH is 1. The highest BCUT2D eigenvalue weighted by Gasteiger charge is 2.36. The van der Waals surface area contributed by atoms with Crippen molar-refractivity contribution >= 4 is 11.4 Å². The molecule has 1 aliphatic rings. The maximum Gasteiger partial charge on any atom is 0.295 e. The Morgan fingerprint density at radius 1 is 1.52 bits per heavy atom. The molecule has 7 heteroatoms. The van der Waals surface area contributed by atoms with E-state index in [0.29, 0.717) is 13.0 Å². The van der Waals surface area contributed by atoms with Crippen molar-refractivity contribution in [1.29, 1.82) is 0 Å². The predicted molar refractivity (Wildman–Crippen MR) is 76.1 cm³/mol. The molecule has 0 atom stereocenters. The van der Waals surface area contributed by atoms with Crippen molar-refractivity contribution < 1.29 is 19.2 Å². The fourth-order valence-electron chi connectivity index (χ4n) is 2.70. The third kappa shape index (κ3) is 3.24. The first-order valence-corrected chi connectivity index (χ1v) is 6.88. The van der Waals surface area contributed by atoms with Crippen molar-refractivity contribution in [2.45, 2.75) is 25.7 Å². The summed E-state index contributed by atoms with van der Waals surface area (Å²) in [4.78, 5) is 10.4. The third-order valence-corrected chi connectivity index (χ3v) is 4.18. The highest BCUT2D eigenvalue weighted by Crippen LogP contribution is 2.44. The largest absolute Gasteiger partial charge is 0.494 e. The number of nitro groups is 1. The van der Waals surface area contributed by atoms with Gasteiger partial charge in [-0.15, -0.1) is 0 Å². The van der Waals surface area contributed by atoms with E-state index >= 15 is 0 Å². The Kier molecular flexibility index (Phi) is 4.62. The van der Waals surface area contributed by atoms with Gasteiger partial charge in [-0.05, 0) is 24.7 Å². The van der Waals surface area contributed by atoms with E-state index in [1.165, 1.54) is 13.2 Å². The van der Waals surface area contributed by atoms with Crippen LogP contribution in [0.1, 0.15) is 25.7 Å². The van der Waals surface area contributed by atoms with Crippen LogP contribution in [0.2, 0.25) is 0 Å². The van der Waals surface area contributed by atoms with Gasteiger partial charge in [-0.25, -0.2) is 4.39 Å². The van der Waals surface area contributed by atoms with Gasteiger partial charge in [0, 0.05) is 19.2 Å². The minimum atomic E-state index is -0.761. The summed E-state index contributed by atoms with van der Waals surface area (Å²) in [6, 6.07) is 2.17. The number of nitrogens with zero attached hydrogens (tertiary/aromatic N) is 1. The Bertz CT molecular complexity index is 532. The molecule has 1 aromatic rings. The molecule has 1 fully saturated rings. The number of hydrogen-bond acceptors (Lipinski definition) is 5. The average Bonchev–Trinajstić information content (AvgIpc) is 2.42. The third-order valence-electron chi connectivity index (χ3n) is 4.18. The summed E-state index contributed by atoms with van der Waals surface area (Å²) in [6.07, 6.45) is 3.71. The molecule has 0 aromatic heterocycles. The van der Waals surface area contributed by atoms with Crippen LogP contribution >= 0.6 is 0 Å². The predicted octanol–water partition coefficient (Wildman–Crippen LogP) is 2.71. The van der Waals surface area contributed by atoms with Gasteiger partial charge in [0.2, 0.25) is 0 Å². The molecule has 116 valence electrons. The Morgan fingerprint density at radius 3 is 2.71 bits per heavy atom. The molecule has 2 N–H and O–H groups in total. The number of rotatable bonds is 7. The summed E-state index contributed by atoms with van der Waals surface area (Å²) >= 11 is 0. The van der Waals surface area contributed by atoms with Crippen LogP contribution in [-0.2, 0) is 0 Å². The van der Waals surface area contributed by atoms with Crippen LogP contribution in [0.3, 0.4) is 0 Å². The molecule has 1 saturated carbocycles. The Hall–Kier alpha value is -1.89. The van der Waals surface area contributed by atoms with Crippen LogP contribution in [0.5, 0.6) is 5.75 Å². The number of nitro benzene ring substituents is 1. The van der Waals surface area contributed by atoms with Crippen LogP contribution in [0, 0.1) is 21.3 Å². The van der Waals surface area contributed by atoms with E-state index in [4.69, 9.17) is 9.84 Å². The monoisotopic (exact) mass is 298 g/mol. The fraction of sp³-hybridized carbons (Fsp3) is 0.571. The van der Waals surface area contributed by atoms with E-state index in [2.05, 4.69) is 5.32 Å². The number of halogens is 1. The SMILES string of the molecule is COc1cc(NCC2(CCO)CCC2)c([N+](=O)[O-])cc1F. The van der Waals surface area contributed by atoms with Gasteiger partial charge in [0.05, 0.1) is 18.1 Å². The molecule has 21 heavy (non-hydrogen) atoms. The lowest BCUT2D eigenvalue weighted by Crippen LogP contribution is -2.37. The van der Waals surface area contributed by atoms with Crippen molar-refractivity contribution in [2.75, 3.05) is 25.6 Å². The first kappa shape index (κ1) is 15.5. The molecule has 0 bridgehead atoms. The molecule has 0 amide bonds. The van der Waals surface area contributed by atoms with E-state index in [1.54, 1.807) is 0 Å². The second-order valence-corrected chi connectivity index (χ2v) is 5.44. The van der Waals surface area contributed by atoms with Gasteiger partial charge in [-0.3, -0.25) is 10.1 Å². The molecule has 0 unspecified atom stereocenters. The molecule has 1 aliphatic carbocycles. The second kappa shape index (κ2) is 6.26. The van der Waals surface area contributed by atoms with Gasteiger partial charge in [0.1, 0.15) is 5.69 Å². The normalized spacial score (nSPS) is 16.1. The lowest BCUT2D eigenvalue weighted by atomic mass is 9.67. The zero-order valence-corrected chi connectivity index (χ0v) is 11.9. The minimum absolute atomic E-state index is 0.0236. The molecule has 0 aliphatic heterocycles. The second-order valence-electron chi connectivity index (χ2n) is 5.44. The zero-order chi connectivity index (χ0) is 15.5. The number of hydrogen-bond donors (Lipinski definition) is 2. The quantitative estimate of drug-likeness (QED) is 0.597. The minimum Gasteiger partial charge on any atom is -0.494 e. The van der Waals surface area contributed by atoms with Crippen LogP contribution in [0.4, 0.5) is 15.8 Å². The maximum absolute atomic E-state index is 13.6. The van der Waals surface area contributed by atoms with Gasteiger partial charge in [0.15, 0.2) is 11.6 Å². The number of anilines is 1. The van der Waals surface area contributed by atoms with Crippen LogP contribution < -0.4 is 10.1 Å². The van der Waals surface area contributed by atoms with E-state index in [9.17, 15) is 14.5 Å². The summed E-state index contributed by atoms with van der Waals surface area (Å²) in [5.41, 5.74) is -0.0984. The van der Waals surface area contributed by atoms with Gasteiger partial charge in [0.25, 0.3) is 5.69 Å². The fourth-order valence-corrected chi connectivity index (χ4v) is 2.70. The molecule has 2 rings (SSSR count). The summed E-state index contributed by atoms with van der Waals surface area (Å²) in [6.45, 7) is 0.611. The number of benzene rings is 1. The smallest absolute Gasteiger partial charge is 0.295 e. The highest BCUT2D eigenvalue weighted by atomic mass is 19.1. The molecule has 0 heterocycles. The van der Waals surface area contributed by atoms with Crippen LogP contribution in [-0.4, -0.2) is 30.3 Å². The molecule has 0 saturated heterocycles. The van der Waals surface area contributed by atoms with Gasteiger partial charge >= 0.3 is 0 Å². The topological polar surface area (TPSA) is 84.6 Å². The Morgan fingerprint density at radius 2 is 2.24 bits per heavy atom. The molecule has 0 spiro atoms. The van der Waals surface area contributed by atoms with Crippen molar-refractivity contribution in [2.24, 2.45) is 5.41 Å². The molecular weight excluding hydrogens is 279 g/mol. The zero-order valence-electron chi connectivity index (χ0n) is 11.9. The standard InChI is InChI=1S/C14H19FN2O4/c1-21-13-8-11(12(17(19)20)7-10(13)15)16-9-14(5-6-18)3-2-4-14/h7-8,16,18H,2-6,9H2,1H3. The summed E-state index contributed by atoms with van der Waals surface area (Å²) in [5, 5.41) is 23.2. The molecule has 1 aromatic carbocycles. The van der Waals surface area contributed by atoms with E-state index < -0.39 is 10.7 Å². The van der Waals surface area contributed by atoms with E-state index in [-0.39, 0.29) is 29.1 Å². The van der Waals surface area contributed by atoms with Gasteiger partial charge in [-0.1, -0.05) is 6.42 Å². The molecular formula is C14H19FN2O4. The Balaban J connectivity index is 2.20. The van der Waals surface area contributed by atoms with Crippen molar-refractivity contribution in [1.82, 2.24) is 0 Å². The van der Waals surface area contributed by atoms with E-state index in [1.807, 2.05) is 0 Å². The summed E-state index contributed by atoms with van der Waals surface area (Å²) < 4.78 is 18.4. The first-order chi connectivity index (χ1) is 10.0. The van der Waals surface area contributed by atoms with E-state index in [0.717, 1.165) is 25.3 Å². The number of ether oxygens (including phenoxy) is 1. The highest BCUT2D eigenvalue weighted by molar-refractivity contribution is 5.64. The average molecular weight is 298 g/mol. The van der Waals surface area contributed by atoms with Crippen LogP contribution in [0.15, 0.2) is 12.1 Å². The maximum atomic E-state index is 13.6. The number of methoxy groups -OCH3 is 1. The summed E-state index contributed by atoms with van der Waals surface area (Å²) in [7, 11) is 1.31. The number of aliphatic hydroxyl groups is 1. The molecule has 6 nitrogen and oxygen atoms in total.